The van der Waals surface area contributed by atoms with Gasteiger partial charge in [0.15, 0.2) is 0 Å². The van der Waals surface area contributed by atoms with Crippen molar-refractivity contribution in [3.8, 4) is 0 Å². The van der Waals surface area contributed by atoms with Crippen molar-refractivity contribution in [1.29, 1.82) is 0 Å². The molecule has 0 amide bonds. The fraction of sp³-hybridized carbons (Fsp3) is 0.143. The van der Waals surface area contributed by atoms with E-state index in [1.807, 2.05) is 0 Å². The molecule has 0 saturated carbocycles. The number of nitrogens with two attached hydrogens (primary N) is 1. The second kappa shape index (κ2) is 3.94. The predicted molar refractivity (Wildman–Crippen MR) is 55.6 cm³/mol. The molecule has 0 aliphatic heterocycles. The second-order valence-electron chi connectivity index (χ2n) is 3.08. The normalized spacial score (nSPS) is 11.8. The molecule has 0 spiro atoms. The lowest BCUT2D eigenvalue weighted by molar-refractivity contribution is 0.582. The molecule has 0 unspecified atom stereocenters. The number of nitrogen functional groups attached to an aromatic ring is 1. The van der Waals surface area contributed by atoms with Gasteiger partial charge in [0, 0.05) is 18.3 Å². The van der Waals surface area contributed by atoms with Crippen molar-refractivity contribution in [2.24, 2.45) is 0 Å². The number of rotatable bonds is 4. The number of aromatic nitrogens is 4. The first-order valence-electron chi connectivity index (χ1n) is 4.36. The molecule has 2 aromatic heterocycles. The molecule has 86 valence electrons. The SMILES string of the molecule is Nc1[nH]ncc1S(=O)(=O)NCc1cn[nH]c1. The van der Waals surface area contributed by atoms with Gasteiger partial charge in [-0.1, -0.05) is 0 Å². The number of hydrogen-bond acceptors (Lipinski definition) is 5. The number of aromatic amines is 2. The summed E-state index contributed by atoms with van der Waals surface area (Å²) in [5.74, 6) is 0.0136. The lowest BCUT2D eigenvalue weighted by Gasteiger charge is -2.03. The van der Waals surface area contributed by atoms with Gasteiger partial charge in [0.05, 0.1) is 12.4 Å². The van der Waals surface area contributed by atoms with Crippen LogP contribution in [-0.2, 0) is 16.6 Å². The third-order valence-corrected chi connectivity index (χ3v) is 3.37. The molecule has 0 saturated heterocycles. The number of hydrogen-bond donors (Lipinski definition) is 4. The average molecular weight is 242 g/mol. The average Bonchev–Trinajstić information content (AvgIpc) is 2.85. The highest BCUT2D eigenvalue weighted by Crippen LogP contribution is 2.13. The highest BCUT2D eigenvalue weighted by atomic mass is 32.2. The van der Waals surface area contributed by atoms with Gasteiger partial charge in [0.25, 0.3) is 0 Å². The molecule has 2 aromatic rings. The Labute approximate surface area is 91.3 Å². The van der Waals surface area contributed by atoms with E-state index in [2.05, 4.69) is 25.1 Å². The Morgan fingerprint density at radius 2 is 2.19 bits per heavy atom. The van der Waals surface area contributed by atoms with E-state index < -0.39 is 10.0 Å². The van der Waals surface area contributed by atoms with Crippen LogP contribution in [0.3, 0.4) is 0 Å². The summed E-state index contributed by atoms with van der Waals surface area (Å²) in [6.45, 7) is 0.142. The van der Waals surface area contributed by atoms with Crippen molar-refractivity contribution >= 4 is 15.8 Å². The molecule has 9 heteroatoms. The van der Waals surface area contributed by atoms with Crippen LogP contribution in [0, 0.1) is 0 Å². The van der Waals surface area contributed by atoms with Gasteiger partial charge in [-0.25, -0.2) is 13.1 Å². The van der Waals surface area contributed by atoms with Crippen LogP contribution in [0.4, 0.5) is 5.82 Å². The summed E-state index contributed by atoms with van der Waals surface area (Å²) in [6, 6.07) is 0. The second-order valence-corrected chi connectivity index (χ2v) is 4.81. The van der Waals surface area contributed by atoms with Crippen LogP contribution in [0.5, 0.6) is 0 Å². The van der Waals surface area contributed by atoms with Crippen molar-refractivity contribution in [3.05, 3.63) is 24.2 Å². The maximum atomic E-state index is 11.7. The first kappa shape index (κ1) is 10.6. The van der Waals surface area contributed by atoms with Crippen LogP contribution in [0.15, 0.2) is 23.5 Å². The quantitative estimate of drug-likeness (QED) is 0.557. The Morgan fingerprint density at radius 1 is 1.38 bits per heavy atom. The molecule has 8 nitrogen and oxygen atoms in total. The topological polar surface area (TPSA) is 130 Å². The third-order valence-electron chi connectivity index (χ3n) is 1.94. The smallest absolute Gasteiger partial charge is 0.246 e. The Morgan fingerprint density at radius 3 is 2.75 bits per heavy atom. The Kier molecular flexibility index (Phi) is 2.62. The Hall–Kier alpha value is -1.87. The number of nitrogens with zero attached hydrogens (tertiary/aromatic N) is 2. The summed E-state index contributed by atoms with van der Waals surface area (Å²) >= 11 is 0. The zero-order valence-corrected chi connectivity index (χ0v) is 8.95. The number of anilines is 1. The van der Waals surface area contributed by atoms with Gasteiger partial charge in [-0.15, -0.1) is 0 Å². The molecule has 0 bridgehead atoms. The minimum Gasteiger partial charge on any atom is -0.383 e. The van der Waals surface area contributed by atoms with E-state index in [1.54, 1.807) is 6.20 Å². The van der Waals surface area contributed by atoms with Crippen LogP contribution < -0.4 is 10.5 Å². The molecule has 2 heterocycles. The number of nitrogens with one attached hydrogen (secondary N) is 3. The van der Waals surface area contributed by atoms with Crippen LogP contribution in [0.25, 0.3) is 0 Å². The van der Waals surface area contributed by atoms with E-state index in [0.717, 1.165) is 11.8 Å². The molecule has 2 rings (SSSR count). The first-order chi connectivity index (χ1) is 7.59. The minimum absolute atomic E-state index is 0.0136. The zero-order valence-electron chi connectivity index (χ0n) is 8.14. The number of H-pyrrole nitrogens is 2. The largest absolute Gasteiger partial charge is 0.383 e. The van der Waals surface area contributed by atoms with Crippen molar-refractivity contribution < 1.29 is 8.42 Å². The predicted octanol–water partition coefficient (Wildman–Crippen LogP) is -0.806. The Balaban J connectivity index is 2.13. The van der Waals surface area contributed by atoms with Gasteiger partial charge in [-0.2, -0.15) is 10.2 Å². The molecule has 5 N–H and O–H groups in total. The summed E-state index contributed by atoms with van der Waals surface area (Å²) in [5.41, 5.74) is 6.15. The van der Waals surface area contributed by atoms with Gasteiger partial charge in [-0.3, -0.25) is 10.2 Å². The standard InChI is InChI=1S/C7H10N6O2S/c8-7-6(4-11-13-7)16(14,15)12-3-5-1-9-10-2-5/h1-2,4,12H,3H2,(H,9,10)(H3,8,11,13). The van der Waals surface area contributed by atoms with Crippen molar-refractivity contribution in [2.45, 2.75) is 11.4 Å². The summed E-state index contributed by atoms with van der Waals surface area (Å²) in [7, 11) is -3.63. The van der Waals surface area contributed by atoms with E-state index in [4.69, 9.17) is 5.73 Å². The summed E-state index contributed by atoms with van der Waals surface area (Å²) in [5, 5.41) is 12.2. The van der Waals surface area contributed by atoms with Crippen molar-refractivity contribution in [2.75, 3.05) is 5.73 Å². The van der Waals surface area contributed by atoms with Crippen LogP contribution in [-0.4, -0.2) is 28.8 Å². The van der Waals surface area contributed by atoms with E-state index in [0.29, 0.717) is 0 Å². The third kappa shape index (κ3) is 2.04. The van der Waals surface area contributed by atoms with Crippen LogP contribution >= 0.6 is 0 Å². The molecular formula is C7H10N6O2S. The molecule has 0 aliphatic rings. The summed E-state index contributed by atoms with van der Waals surface area (Å²) < 4.78 is 25.8. The van der Waals surface area contributed by atoms with Crippen LogP contribution in [0.2, 0.25) is 0 Å². The first-order valence-corrected chi connectivity index (χ1v) is 5.84. The van der Waals surface area contributed by atoms with Crippen molar-refractivity contribution in [1.82, 2.24) is 25.1 Å². The van der Waals surface area contributed by atoms with Gasteiger partial charge < -0.3 is 5.73 Å². The Bertz CT molecular complexity index is 557. The van der Waals surface area contributed by atoms with E-state index in [-0.39, 0.29) is 17.3 Å². The zero-order chi connectivity index (χ0) is 11.6. The summed E-state index contributed by atoms with van der Waals surface area (Å²) in [6.07, 6.45) is 4.29. The lowest BCUT2D eigenvalue weighted by Crippen LogP contribution is -2.23. The maximum Gasteiger partial charge on any atom is 0.246 e. The van der Waals surface area contributed by atoms with Crippen LogP contribution in [0.1, 0.15) is 5.56 Å². The fourth-order valence-electron chi connectivity index (χ4n) is 1.13. The molecular weight excluding hydrogens is 232 g/mol. The molecule has 0 atom stereocenters. The fourth-order valence-corrected chi connectivity index (χ4v) is 2.17. The molecule has 0 fully saturated rings. The van der Waals surface area contributed by atoms with Gasteiger partial charge in [0.1, 0.15) is 10.7 Å². The molecule has 0 radical (unpaired) electrons. The highest BCUT2D eigenvalue weighted by molar-refractivity contribution is 7.89. The van der Waals surface area contributed by atoms with E-state index in [1.165, 1.54) is 6.20 Å². The maximum absolute atomic E-state index is 11.7. The van der Waals surface area contributed by atoms with E-state index >= 15 is 0 Å². The lowest BCUT2D eigenvalue weighted by atomic mass is 10.4. The van der Waals surface area contributed by atoms with Gasteiger partial charge in [0.2, 0.25) is 10.0 Å². The molecule has 0 aliphatic carbocycles. The monoisotopic (exact) mass is 242 g/mol. The van der Waals surface area contributed by atoms with Gasteiger partial charge >= 0.3 is 0 Å². The minimum atomic E-state index is -3.63. The highest BCUT2D eigenvalue weighted by Gasteiger charge is 2.18. The molecule has 16 heavy (non-hydrogen) atoms. The molecule has 0 aromatic carbocycles. The number of sulfonamides is 1. The summed E-state index contributed by atoms with van der Waals surface area (Å²) in [4.78, 5) is -0.0593. The van der Waals surface area contributed by atoms with Crippen molar-refractivity contribution in [3.63, 3.8) is 0 Å². The van der Waals surface area contributed by atoms with Gasteiger partial charge in [-0.05, 0) is 0 Å². The van der Waals surface area contributed by atoms with E-state index in [9.17, 15) is 8.42 Å².